The van der Waals surface area contributed by atoms with Crippen LogP contribution in [0.4, 0.5) is 0 Å². The molecule has 20 valence electrons. The minimum atomic E-state index is -0.0300. The molecule has 0 aliphatic carbocycles. The van der Waals surface area contributed by atoms with Crippen LogP contribution in [0.2, 0.25) is 0 Å². The van der Waals surface area contributed by atoms with Crippen LogP contribution < -0.4 is 34.7 Å². The molecule has 0 aliphatic rings. The van der Waals surface area contributed by atoms with Gasteiger partial charge in [-0.05, 0) is 0 Å². The van der Waals surface area contributed by atoms with Gasteiger partial charge in [-0.2, -0.15) is 0 Å². The van der Waals surface area contributed by atoms with Crippen LogP contribution in [0, 0.1) is 0 Å². The second kappa shape index (κ2) is 8.83. The van der Waals surface area contributed by atoms with Crippen molar-refractivity contribution < 1.29 is 34.7 Å². The van der Waals surface area contributed by atoms with Crippen molar-refractivity contribution in [3.05, 3.63) is 0 Å². The first-order valence-electron chi connectivity index (χ1n) is 0.556. The van der Waals surface area contributed by atoms with E-state index in [1.807, 2.05) is 0 Å². The van der Waals surface area contributed by atoms with Gasteiger partial charge >= 0.3 is 29.6 Å². The molecule has 0 saturated heterocycles. The van der Waals surface area contributed by atoms with Crippen molar-refractivity contribution in [2.45, 2.75) is 0 Å². The Kier molecular flexibility index (Phi) is 20.3. The molecule has 0 saturated carbocycles. The van der Waals surface area contributed by atoms with Gasteiger partial charge in [0.2, 0.25) is 0 Å². The minimum absolute atomic E-state index is 0. The fraction of sp³-hybridized carbons (Fsp3) is 1.00. The molecular weight excluding hydrogens is 178 g/mol. The molecule has 0 radical (unpaired) electrons. The van der Waals surface area contributed by atoms with Crippen LogP contribution in [0.3, 0.4) is 0 Å². The first-order chi connectivity index (χ1) is 1.41. The van der Waals surface area contributed by atoms with Crippen LogP contribution in [-0.2, 0) is 0 Å². The molecule has 0 N–H and O–H groups in total. The van der Waals surface area contributed by atoms with Gasteiger partial charge < -0.3 is 5.11 Å². The van der Waals surface area contributed by atoms with E-state index in [1.165, 1.54) is 0 Å². The van der Waals surface area contributed by atoms with E-state index in [-0.39, 0.29) is 34.2 Å². The molecule has 0 aromatic carbocycles. The molecule has 0 atom stereocenters. The smallest absolute Gasteiger partial charge is 0.847 e. The summed E-state index contributed by atoms with van der Waals surface area (Å²) >= 11 is 1.73. The summed E-state index contributed by atoms with van der Waals surface area (Å²) in [5.41, 5.74) is 0. The quantitative estimate of drug-likeness (QED) is 0.218. The zero-order valence-electron chi connectivity index (χ0n) is 2.49. The SMILES string of the molecule is [Na+].[O-]CI. The van der Waals surface area contributed by atoms with Gasteiger partial charge in [-0.25, -0.2) is 0 Å². The fourth-order valence-electron chi connectivity index (χ4n) is 0. The van der Waals surface area contributed by atoms with E-state index in [0.29, 0.717) is 0 Å². The Bertz CT molecular complexity index is 8.00. The summed E-state index contributed by atoms with van der Waals surface area (Å²) in [5, 5.41) is 8.92. The van der Waals surface area contributed by atoms with Crippen molar-refractivity contribution in [3.8, 4) is 0 Å². The second-order valence-electron chi connectivity index (χ2n) is 0.109. The van der Waals surface area contributed by atoms with Crippen molar-refractivity contribution in [1.82, 2.24) is 0 Å². The molecule has 0 amide bonds. The van der Waals surface area contributed by atoms with Crippen molar-refractivity contribution in [1.29, 1.82) is 0 Å². The van der Waals surface area contributed by atoms with Crippen molar-refractivity contribution in [3.63, 3.8) is 0 Å². The number of alkyl halides is 1. The maximum absolute atomic E-state index is 8.92. The molecule has 0 heterocycles. The molecule has 0 rings (SSSR count). The molecule has 0 spiro atoms. The predicted octanol–water partition coefficient (Wildman–Crippen LogP) is -3.26. The van der Waals surface area contributed by atoms with Gasteiger partial charge in [0.1, 0.15) is 0 Å². The largest absolute Gasteiger partial charge is 1.00 e. The predicted molar refractivity (Wildman–Crippen MR) is 18.9 cm³/mol. The standard InChI is InChI=1S/CH2IO.Na/c2-1-3;/h1H2;/q-1;+1. The van der Waals surface area contributed by atoms with Crippen LogP contribution in [0.5, 0.6) is 0 Å². The van der Waals surface area contributed by atoms with Crippen molar-refractivity contribution in [2.24, 2.45) is 0 Å². The van der Waals surface area contributed by atoms with Crippen LogP contribution in [0.1, 0.15) is 0 Å². The first-order valence-corrected chi connectivity index (χ1v) is 2.08. The number of rotatable bonds is 0. The first kappa shape index (κ1) is 9.19. The summed E-state index contributed by atoms with van der Waals surface area (Å²) in [4.78, 5) is 0. The van der Waals surface area contributed by atoms with Gasteiger partial charge in [-0.3, -0.25) is 0 Å². The second-order valence-corrected chi connectivity index (χ2v) is 0.732. The Morgan fingerprint density at radius 3 is 1.75 bits per heavy atom. The van der Waals surface area contributed by atoms with Gasteiger partial charge in [0.05, 0.1) is 0 Å². The molecule has 0 aliphatic heterocycles. The Morgan fingerprint density at radius 1 is 1.75 bits per heavy atom. The van der Waals surface area contributed by atoms with E-state index < -0.39 is 0 Å². The van der Waals surface area contributed by atoms with Gasteiger partial charge in [-0.15, -0.1) is 22.6 Å². The van der Waals surface area contributed by atoms with E-state index in [9.17, 15) is 0 Å². The number of hydrogen-bond acceptors (Lipinski definition) is 1. The van der Waals surface area contributed by atoms with Crippen molar-refractivity contribution in [2.75, 3.05) is 4.61 Å². The molecule has 0 fully saturated rings. The van der Waals surface area contributed by atoms with Gasteiger partial charge in [0, 0.05) is 0 Å². The van der Waals surface area contributed by atoms with Gasteiger partial charge in [-0.1, -0.05) is 4.61 Å². The summed E-state index contributed by atoms with van der Waals surface area (Å²) in [6, 6.07) is 0. The molecule has 0 unspecified atom stereocenters. The van der Waals surface area contributed by atoms with E-state index >= 15 is 0 Å². The monoisotopic (exact) mass is 180 g/mol. The maximum Gasteiger partial charge on any atom is 1.00 e. The Morgan fingerprint density at radius 2 is 1.75 bits per heavy atom. The van der Waals surface area contributed by atoms with E-state index in [1.54, 1.807) is 22.6 Å². The molecule has 3 heteroatoms. The average Bonchev–Trinajstić information content (AvgIpc) is 0.918. The summed E-state index contributed by atoms with van der Waals surface area (Å²) < 4.78 is -0.0300. The Labute approximate surface area is 61.2 Å². The summed E-state index contributed by atoms with van der Waals surface area (Å²) in [5.74, 6) is 0. The zero-order valence-corrected chi connectivity index (χ0v) is 6.65. The third-order valence-corrected chi connectivity index (χ3v) is 0. The third-order valence-electron chi connectivity index (χ3n) is 0. The normalized spacial score (nSPS) is 4.50. The minimum Gasteiger partial charge on any atom is -0.847 e. The summed E-state index contributed by atoms with van der Waals surface area (Å²) in [7, 11) is 0. The molecule has 0 aromatic heterocycles. The number of hydrogen-bond donors (Lipinski definition) is 0. The molecular formula is CH2INaO. The van der Waals surface area contributed by atoms with Gasteiger partial charge in [0.25, 0.3) is 0 Å². The fourth-order valence-corrected chi connectivity index (χ4v) is 0. The topological polar surface area (TPSA) is 23.1 Å². The average molecular weight is 180 g/mol. The molecule has 0 aromatic rings. The summed E-state index contributed by atoms with van der Waals surface area (Å²) in [6.45, 7) is 0. The maximum atomic E-state index is 8.92. The van der Waals surface area contributed by atoms with E-state index in [2.05, 4.69) is 0 Å². The van der Waals surface area contributed by atoms with E-state index in [4.69, 9.17) is 5.11 Å². The van der Waals surface area contributed by atoms with E-state index in [0.717, 1.165) is 0 Å². The van der Waals surface area contributed by atoms with Crippen LogP contribution in [-0.4, -0.2) is 4.61 Å². The molecule has 4 heavy (non-hydrogen) atoms. The molecule has 0 bridgehead atoms. The Hall–Kier alpha value is 1.69. The van der Waals surface area contributed by atoms with Crippen LogP contribution >= 0.6 is 22.6 Å². The van der Waals surface area contributed by atoms with Crippen LogP contribution in [0.25, 0.3) is 0 Å². The third kappa shape index (κ3) is 9.35. The van der Waals surface area contributed by atoms with Crippen molar-refractivity contribution >= 4 is 22.6 Å². The number of halogens is 1. The Balaban J connectivity index is 0. The van der Waals surface area contributed by atoms with Gasteiger partial charge in [0.15, 0.2) is 0 Å². The molecule has 1 nitrogen and oxygen atoms in total. The summed E-state index contributed by atoms with van der Waals surface area (Å²) in [6.07, 6.45) is 0. The van der Waals surface area contributed by atoms with Crippen LogP contribution in [0.15, 0.2) is 0 Å². The zero-order chi connectivity index (χ0) is 2.71.